The fourth-order valence-electron chi connectivity index (χ4n) is 1.88. The van der Waals surface area contributed by atoms with E-state index < -0.39 is 0 Å². The maximum atomic E-state index is 12.1. The quantitative estimate of drug-likeness (QED) is 0.818. The number of halogens is 1. The topological polar surface area (TPSA) is 29.5 Å². The maximum absolute atomic E-state index is 12.1. The first-order valence-corrected chi connectivity index (χ1v) is 7.20. The van der Waals surface area contributed by atoms with Crippen molar-refractivity contribution in [2.75, 3.05) is 20.2 Å². The summed E-state index contributed by atoms with van der Waals surface area (Å²) in [7, 11) is 1.77. The van der Waals surface area contributed by atoms with E-state index in [4.69, 9.17) is 16.3 Å². The predicted octanol–water partition coefficient (Wildman–Crippen LogP) is 3.42. The molecule has 0 bridgehead atoms. The van der Waals surface area contributed by atoms with E-state index in [1.54, 1.807) is 18.0 Å². The first-order valence-electron chi connectivity index (χ1n) is 6.82. The van der Waals surface area contributed by atoms with Gasteiger partial charge in [-0.15, -0.1) is 0 Å². The van der Waals surface area contributed by atoms with Crippen molar-refractivity contribution in [3.8, 4) is 5.75 Å². The summed E-state index contributed by atoms with van der Waals surface area (Å²) >= 11 is 6.06. The van der Waals surface area contributed by atoms with Crippen LogP contribution in [0.1, 0.15) is 5.56 Å². The Balaban J connectivity index is 1.79. The van der Waals surface area contributed by atoms with Crippen molar-refractivity contribution in [1.82, 2.24) is 4.90 Å². The molecule has 0 aliphatic rings. The summed E-state index contributed by atoms with van der Waals surface area (Å²) in [6.07, 6.45) is 0.307. The Kier molecular flexibility index (Phi) is 5.64. The van der Waals surface area contributed by atoms with Crippen LogP contribution >= 0.6 is 11.6 Å². The Morgan fingerprint density at radius 3 is 2.48 bits per heavy atom. The number of rotatable bonds is 6. The summed E-state index contributed by atoms with van der Waals surface area (Å²) in [6, 6.07) is 17.0. The molecule has 2 rings (SSSR count). The van der Waals surface area contributed by atoms with E-state index in [2.05, 4.69) is 0 Å². The number of hydrogen-bond acceptors (Lipinski definition) is 2. The van der Waals surface area contributed by atoms with Gasteiger partial charge >= 0.3 is 0 Å². The van der Waals surface area contributed by atoms with Crippen molar-refractivity contribution < 1.29 is 9.53 Å². The molecule has 21 heavy (non-hydrogen) atoms. The molecule has 3 nitrogen and oxygen atoms in total. The second-order valence-corrected chi connectivity index (χ2v) is 5.15. The number of para-hydroxylation sites is 1. The predicted molar refractivity (Wildman–Crippen MR) is 84.7 cm³/mol. The molecule has 1 amide bonds. The highest BCUT2D eigenvalue weighted by molar-refractivity contribution is 6.31. The van der Waals surface area contributed by atoms with Crippen LogP contribution < -0.4 is 4.74 Å². The van der Waals surface area contributed by atoms with Gasteiger partial charge in [-0.3, -0.25) is 4.79 Å². The molecule has 0 heterocycles. The summed E-state index contributed by atoms with van der Waals surface area (Å²) in [5.41, 5.74) is 0.847. The molecule has 110 valence electrons. The maximum Gasteiger partial charge on any atom is 0.226 e. The van der Waals surface area contributed by atoms with Crippen molar-refractivity contribution in [3.05, 3.63) is 65.2 Å². The summed E-state index contributed by atoms with van der Waals surface area (Å²) in [4.78, 5) is 13.8. The number of nitrogens with zero attached hydrogens (tertiary/aromatic N) is 1. The third kappa shape index (κ3) is 4.80. The van der Waals surface area contributed by atoms with Crippen molar-refractivity contribution in [2.45, 2.75) is 6.42 Å². The first kappa shape index (κ1) is 15.4. The van der Waals surface area contributed by atoms with Crippen molar-refractivity contribution >= 4 is 17.5 Å². The molecule has 0 fully saturated rings. The third-order valence-corrected chi connectivity index (χ3v) is 3.53. The first-order chi connectivity index (χ1) is 10.2. The molecule has 0 saturated carbocycles. The lowest BCUT2D eigenvalue weighted by molar-refractivity contribution is -0.129. The average Bonchev–Trinajstić information content (AvgIpc) is 2.50. The Labute approximate surface area is 130 Å². The molecule has 0 aromatic heterocycles. The molecular weight excluding hydrogens is 286 g/mol. The highest BCUT2D eigenvalue weighted by Gasteiger charge is 2.11. The van der Waals surface area contributed by atoms with E-state index in [1.165, 1.54) is 0 Å². The molecule has 0 N–H and O–H groups in total. The van der Waals surface area contributed by atoms with Crippen LogP contribution in [0.15, 0.2) is 54.6 Å². The molecule has 0 saturated heterocycles. The summed E-state index contributed by atoms with van der Waals surface area (Å²) in [5, 5.41) is 0.625. The van der Waals surface area contributed by atoms with E-state index >= 15 is 0 Å². The molecule has 2 aromatic rings. The van der Waals surface area contributed by atoms with Gasteiger partial charge in [0.05, 0.1) is 13.0 Å². The monoisotopic (exact) mass is 303 g/mol. The number of hydrogen-bond donors (Lipinski definition) is 0. The highest BCUT2D eigenvalue weighted by Crippen LogP contribution is 2.16. The third-order valence-electron chi connectivity index (χ3n) is 3.16. The standard InChI is InChI=1S/C17H18ClNO2/c1-19(11-12-21-15-8-3-2-4-9-15)17(20)13-14-7-5-6-10-16(14)18/h2-10H,11-13H2,1H3. The van der Waals surface area contributed by atoms with Gasteiger partial charge in [0.2, 0.25) is 5.91 Å². The smallest absolute Gasteiger partial charge is 0.226 e. The van der Waals surface area contributed by atoms with Crippen LogP contribution in [0.25, 0.3) is 0 Å². The molecule has 0 atom stereocenters. The lowest BCUT2D eigenvalue weighted by Gasteiger charge is -2.18. The average molecular weight is 304 g/mol. The van der Waals surface area contributed by atoms with Crippen LogP contribution in [0.5, 0.6) is 5.75 Å². The van der Waals surface area contributed by atoms with Crippen LogP contribution in [0.2, 0.25) is 5.02 Å². The number of ether oxygens (including phenoxy) is 1. The zero-order chi connectivity index (χ0) is 15.1. The van der Waals surface area contributed by atoms with E-state index in [0.29, 0.717) is 24.6 Å². The molecule has 0 spiro atoms. The molecule has 0 unspecified atom stereocenters. The van der Waals surface area contributed by atoms with Gasteiger partial charge < -0.3 is 9.64 Å². The lowest BCUT2D eigenvalue weighted by Crippen LogP contribution is -2.32. The number of amides is 1. The van der Waals surface area contributed by atoms with Gasteiger partial charge in [0.25, 0.3) is 0 Å². The fourth-order valence-corrected chi connectivity index (χ4v) is 2.08. The van der Waals surface area contributed by atoms with Crippen LogP contribution in [0.4, 0.5) is 0 Å². The zero-order valence-electron chi connectivity index (χ0n) is 12.0. The Morgan fingerprint density at radius 1 is 1.10 bits per heavy atom. The number of carbonyl (C=O) groups excluding carboxylic acids is 1. The van der Waals surface area contributed by atoms with Crippen LogP contribution in [0.3, 0.4) is 0 Å². The normalized spacial score (nSPS) is 10.2. The van der Waals surface area contributed by atoms with Crippen molar-refractivity contribution in [1.29, 1.82) is 0 Å². The fraction of sp³-hybridized carbons (Fsp3) is 0.235. The van der Waals surface area contributed by atoms with E-state index in [1.807, 2.05) is 48.5 Å². The Morgan fingerprint density at radius 2 is 1.76 bits per heavy atom. The number of benzene rings is 2. The van der Waals surface area contributed by atoms with Gasteiger partial charge in [0.15, 0.2) is 0 Å². The summed E-state index contributed by atoms with van der Waals surface area (Å²) in [5.74, 6) is 0.837. The highest BCUT2D eigenvalue weighted by atomic mass is 35.5. The minimum atomic E-state index is 0.0276. The Hall–Kier alpha value is -2.00. The van der Waals surface area contributed by atoms with Gasteiger partial charge in [-0.2, -0.15) is 0 Å². The largest absolute Gasteiger partial charge is 0.492 e. The summed E-state index contributed by atoms with van der Waals surface area (Å²) < 4.78 is 5.58. The second-order valence-electron chi connectivity index (χ2n) is 4.74. The van der Waals surface area contributed by atoms with E-state index in [0.717, 1.165) is 11.3 Å². The van der Waals surface area contributed by atoms with Gasteiger partial charge in [0, 0.05) is 12.1 Å². The summed E-state index contributed by atoms with van der Waals surface area (Å²) in [6.45, 7) is 1.01. The second kappa shape index (κ2) is 7.70. The molecular formula is C17H18ClNO2. The number of likely N-dealkylation sites (N-methyl/N-ethyl adjacent to an activating group) is 1. The molecule has 0 radical (unpaired) electrons. The number of carbonyl (C=O) groups is 1. The Bertz CT molecular complexity index is 586. The minimum Gasteiger partial charge on any atom is -0.492 e. The molecule has 0 aliphatic heterocycles. The van der Waals surface area contributed by atoms with Crippen LogP contribution in [-0.4, -0.2) is 31.0 Å². The van der Waals surface area contributed by atoms with Crippen LogP contribution in [-0.2, 0) is 11.2 Å². The van der Waals surface area contributed by atoms with Gasteiger partial charge in [0.1, 0.15) is 12.4 Å². The van der Waals surface area contributed by atoms with Gasteiger partial charge in [-0.25, -0.2) is 0 Å². The zero-order valence-corrected chi connectivity index (χ0v) is 12.7. The molecule has 2 aromatic carbocycles. The van der Waals surface area contributed by atoms with E-state index in [9.17, 15) is 4.79 Å². The van der Waals surface area contributed by atoms with Gasteiger partial charge in [-0.05, 0) is 23.8 Å². The van der Waals surface area contributed by atoms with Crippen LogP contribution in [0, 0.1) is 0 Å². The van der Waals surface area contributed by atoms with E-state index in [-0.39, 0.29) is 5.91 Å². The lowest BCUT2D eigenvalue weighted by atomic mass is 10.1. The molecule has 4 heteroatoms. The van der Waals surface area contributed by atoms with Crippen molar-refractivity contribution in [3.63, 3.8) is 0 Å². The van der Waals surface area contributed by atoms with Gasteiger partial charge in [-0.1, -0.05) is 48.0 Å². The minimum absolute atomic E-state index is 0.0276. The van der Waals surface area contributed by atoms with Crippen molar-refractivity contribution in [2.24, 2.45) is 0 Å². The SMILES string of the molecule is CN(CCOc1ccccc1)C(=O)Cc1ccccc1Cl. The molecule has 0 aliphatic carbocycles.